The Morgan fingerprint density at radius 3 is 2.60 bits per heavy atom. The summed E-state index contributed by atoms with van der Waals surface area (Å²) in [6.45, 7) is 1.87. The normalized spacial score (nSPS) is 23.8. The number of alkyl halides is 3. The van der Waals surface area contributed by atoms with Gasteiger partial charge in [0.25, 0.3) is 5.91 Å². The smallest absolute Gasteiger partial charge is 0.422 e. The molecule has 1 saturated heterocycles. The van der Waals surface area contributed by atoms with Crippen LogP contribution in [0.2, 0.25) is 0 Å². The van der Waals surface area contributed by atoms with Crippen molar-refractivity contribution in [2.75, 3.05) is 6.61 Å². The van der Waals surface area contributed by atoms with E-state index in [-0.39, 0.29) is 24.1 Å². The molecule has 3 rings (SSSR count). The first kappa shape index (κ1) is 17.6. The second-order valence-corrected chi connectivity index (χ2v) is 6.81. The van der Waals surface area contributed by atoms with Crippen LogP contribution in [0.5, 0.6) is 5.75 Å². The highest BCUT2D eigenvalue weighted by molar-refractivity contribution is 6.07. The van der Waals surface area contributed by atoms with Gasteiger partial charge in [-0.05, 0) is 44.2 Å². The zero-order chi connectivity index (χ0) is 18.4. The zero-order valence-electron chi connectivity index (χ0n) is 13.9. The van der Waals surface area contributed by atoms with Crippen LogP contribution in [0, 0.1) is 12.8 Å². The Bertz CT molecular complexity index is 716. The van der Waals surface area contributed by atoms with E-state index < -0.39 is 24.4 Å². The molecule has 136 valence electrons. The molecule has 1 aliphatic carbocycles. The maximum Gasteiger partial charge on any atom is 0.422 e. The zero-order valence-corrected chi connectivity index (χ0v) is 13.9. The van der Waals surface area contributed by atoms with E-state index in [9.17, 15) is 22.8 Å². The van der Waals surface area contributed by atoms with E-state index in [1.54, 1.807) is 26.0 Å². The van der Waals surface area contributed by atoms with Gasteiger partial charge < -0.3 is 10.1 Å². The van der Waals surface area contributed by atoms with Crippen molar-refractivity contribution in [3.8, 4) is 5.75 Å². The number of nitrogens with zero attached hydrogens (tertiary/aromatic N) is 1. The van der Waals surface area contributed by atoms with Crippen molar-refractivity contribution in [2.45, 2.75) is 44.9 Å². The first-order valence-electron chi connectivity index (χ1n) is 8.03. The highest BCUT2D eigenvalue weighted by Gasteiger charge is 2.55. The monoisotopic (exact) mass is 356 g/mol. The predicted molar refractivity (Wildman–Crippen MR) is 82.9 cm³/mol. The second kappa shape index (κ2) is 5.93. The molecule has 2 aliphatic rings. The third kappa shape index (κ3) is 3.57. The standard InChI is InChI=1S/C17H19F3N2O3/c1-10-3-4-11(13(7-10)25-9-17(18,19)20)8-22-14(23)16(2,12-5-6-12)21-15(22)24/h3-4,7,12H,5-6,8-9H2,1-2H3,(H,21,24)/t16-/m0/s1. The van der Waals surface area contributed by atoms with Gasteiger partial charge in [0.1, 0.15) is 11.3 Å². The fourth-order valence-electron chi connectivity index (χ4n) is 3.05. The Morgan fingerprint density at radius 2 is 2.00 bits per heavy atom. The minimum Gasteiger partial charge on any atom is -0.484 e. The highest BCUT2D eigenvalue weighted by Crippen LogP contribution is 2.43. The largest absolute Gasteiger partial charge is 0.484 e. The van der Waals surface area contributed by atoms with Crippen molar-refractivity contribution < 1.29 is 27.5 Å². The van der Waals surface area contributed by atoms with Crippen LogP contribution in [0.15, 0.2) is 18.2 Å². The van der Waals surface area contributed by atoms with Crippen molar-refractivity contribution in [1.29, 1.82) is 0 Å². The Balaban J connectivity index is 1.80. The molecule has 1 aromatic rings. The van der Waals surface area contributed by atoms with E-state index in [1.807, 2.05) is 0 Å². The highest BCUT2D eigenvalue weighted by atomic mass is 19.4. The van der Waals surface area contributed by atoms with Gasteiger partial charge >= 0.3 is 12.2 Å². The summed E-state index contributed by atoms with van der Waals surface area (Å²) in [6.07, 6.45) is -2.71. The fraction of sp³-hybridized carbons (Fsp3) is 0.529. The number of carbonyl (C=O) groups excluding carboxylic acids is 2. The predicted octanol–water partition coefficient (Wildman–Crippen LogP) is 3.16. The number of nitrogens with one attached hydrogen (secondary N) is 1. The molecule has 0 bridgehead atoms. The van der Waals surface area contributed by atoms with Gasteiger partial charge in [-0.15, -0.1) is 0 Å². The van der Waals surface area contributed by atoms with Crippen molar-refractivity contribution >= 4 is 11.9 Å². The van der Waals surface area contributed by atoms with Crippen LogP contribution in [0.1, 0.15) is 30.9 Å². The van der Waals surface area contributed by atoms with Gasteiger partial charge in [0.2, 0.25) is 0 Å². The molecular formula is C17H19F3N2O3. The summed E-state index contributed by atoms with van der Waals surface area (Å²) in [5.41, 5.74) is 0.161. The van der Waals surface area contributed by atoms with Crippen LogP contribution in [0.25, 0.3) is 0 Å². The number of imide groups is 1. The molecule has 3 amide bonds. The van der Waals surface area contributed by atoms with Gasteiger partial charge in [0.15, 0.2) is 6.61 Å². The van der Waals surface area contributed by atoms with Gasteiger partial charge in [0, 0.05) is 5.56 Å². The summed E-state index contributed by atoms with van der Waals surface area (Å²) in [6, 6.07) is 4.23. The number of benzene rings is 1. The average Bonchev–Trinajstić information content (AvgIpc) is 3.32. The van der Waals surface area contributed by atoms with Gasteiger partial charge in [-0.25, -0.2) is 4.79 Å². The van der Waals surface area contributed by atoms with Crippen LogP contribution < -0.4 is 10.1 Å². The van der Waals surface area contributed by atoms with Crippen LogP contribution in [-0.2, 0) is 11.3 Å². The molecule has 8 heteroatoms. The number of halogens is 3. The molecule has 0 radical (unpaired) electrons. The molecule has 1 N–H and O–H groups in total. The van der Waals surface area contributed by atoms with E-state index in [1.165, 1.54) is 6.07 Å². The molecule has 1 heterocycles. The number of urea groups is 1. The third-order valence-corrected chi connectivity index (χ3v) is 4.64. The van der Waals surface area contributed by atoms with Gasteiger partial charge in [-0.3, -0.25) is 9.69 Å². The number of hydrogen-bond acceptors (Lipinski definition) is 3. The molecule has 1 aliphatic heterocycles. The minimum atomic E-state index is -4.47. The van der Waals surface area contributed by atoms with E-state index in [4.69, 9.17) is 4.74 Å². The Hall–Kier alpha value is -2.25. The molecule has 2 fully saturated rings. The van der Waals surface area contributed by atoms with E-state index in [0.29, 0.717) is 5.56 Å². The quantitative estimate of drug-likeness (QED) is 0.825. The van der Waals surface area contributed by atoms with Gasteiger partial charge in [-0.2, -0.15) is 13.2 Å². The molecule has 5 nitrogen and oxygen atoms in total. The number of amides is 3. The number of carbonyl (C=O) groups is 2. The molecule has 0 aromatic heterocycles. The number of aryl methyl sites for hydroxylation is 1. The first-order valence-corrected chi connectivity index (χ1v) is 8.03. The topological polar surface area (TPSA) is 58.6 Å². The summed E-state index contributed by atoms with van der Waals surface area (Å²) in [5, 5.41) is 2.72. The molecule has 1 atom stereocenters. The van der Waals surface area contributed by atoms with Crippen LogP contribution in [0.3, 0.4) is 0 Å². The fourth-order valence-corrected chi connectivity index (χ4v) is 3.05. The lowest BCUT2D eigenvalue weighted by Gasteiger charge is -2.21. The third-order valence-electron chi connectivity index (χ3n) is 4.64. The summed E-state index contributed by atoms with van der Waals surface area (Å²) in [7, 11) is 0. The lowest BCUT2D eigenvalue weighted by atomic mass is 9.96. The molecular weight excluding hydrogens is 337 g/mol. The molecule has 1 saturated carbocycles. The van der Waals surface area contributed by atoms with E-state index in [0.717, 1.165) is 23.3 Å². The SMILES string of the molecule is Cc1ccc(CN2C(=O)N[C@@](C)(C3CC3)C2=O)c(OCC(F)(F)F)c1. The Labute approximate surface area is 143 Å². The summed E-state index contributed by atoms with van der Waals surface area (Å²) in [4.78, 5) is 25.9. The first-order chi connectivity index (χ1) is 11.6. The maximum absolute atomic E-state index is 12.6. The van der Waals surface area contributed by atoms with Crippen molar-refractivity contribution in [3.63, 3.8) is 0 Å². The van der Waals surface area contributed by atoms with Crippen molar-refractivity contribution in [2.24, 2.45) is 5.92 Å². The lowest BCUT2D eigenvalue weighted by molar-refractivity contribution is -0.153. The minimum absolute atomic E-state index is 0.0259. The Kier molecular flexibility index (Phi) is 4.17. The molecule has 25 heavy (non-hydrogen) atoms. The summed E-state index contributed by atoms with van der Waals surface area (Å²) < 4.78 is 42.2. The lowest BCUT2D eigenvalue weighted by Crippen LogP contribution is -2.46. The number of rotatable bonds is 5. The number of hydrogen-bond donors (Lipinski definition) is 1. The van der Waals surface area contributed by atoms with Crippen molar-refractivity contribution in [3.05, 3.63) is 29.3 Å². The average molecular weight is 356 g/mol. The maximum atomic E-state index is 12.6. The van der Waals surface area contributed by atoms with Crippen molar-refractivity contribution in [1.82, 2.24) is 10.2 Å². The Morgan fingerprint density at radius 1 is 1.32 bits per heavy atom. The second-order valence-electron chi connectivity index (χ2n) is 6.81. The number of ether oxygens (including phenoxy) is 1. The molecule has 1 aromatic carbocycles. The van der Waals surface area contributed by atoms with Gasteiger partial charge in [-0.1, -0.05) is 12.1 Å². The molecule has 0 unspecified atom stereocenters. The summed E-state index contributed by atoms with van der Waals surface area (Å²) in [5.74, 6) is -0.201. The van der Waals surface area contributed by atoms with E-state index in [2.05, 4.69) is 5.32 Å². The van der Waals surface area contributed by atoms with Crippen LogP contribution in [-0.4, -0.2) is 35.2 Å². The summed E-state index contributed by atoms with van der Waals surface area (Å²) >= 11 is 0. The van der Waals surface area contributed by atoms with Crippen LogP contribution in [0.4, 0.5) is 18.0 Å². The van der Waals surface area contributed by atoms with Crippen LogP contribution >= 0.6 is 0 Å². The molecule has 0 spiro atoms. The van der Waals surface area contributed by atoms with E-state index >= 15 is 0 Å². The van der Waals surface area contributed by atoms with Gasteiger partial charge in [0.05, 0.1) is 6.54 Å².